The Kier molecular flexibility index (Phi) is 7.34. The summed E-state index contributed by atoms with van der Waals surface area (Å²) in [6, 6.07) is 14.3. The lowest BCUT2D eigenvalue weighted by atomic mass is 9.98. The Morgan fingerprint density at radius 3 is 2.09 bits per heavy atom. The summed E-state index contributed by atoms with van der Waals surface area (Å²) >= 11 is 0. The lowest BCUT2D eigenvalue weighted by molar-refractivity contribution is -0.171. The van der Waals surface area contributed by atoms with Gasteiger partial charge in [0.15, 0.2) is 0 Å². The van der Waals surface area contributed by atoms with Crippen LogP contribution in [0.15, 0.2) is 48.5 Å². The van der Waals surface area contributed by atoms with Gasteiger partial charge in [0.25, 0.3) is 5.91 Å². The number of alkyl carbamates (subject to hydrolysis) is 1. The zero-order chi connectivity index (χ0) is 24.2. The van der Waals surface area contributed by atoms with E-state index in [1.54, 1.807) is 4.72 Å². The Hall–Kier alpha value is -3.44. The third kappa shape index (κ3) is 5.88. The molecule has 33 heavy (non-hydrogen) atoms. The summed E-state index contributed by atoms with van der Waals surface area (Å²) in [7, 11) is -1.30. The van der Waals surface area contributed by atoms with Gasteiger partial charge in [0.1, 0.15) is 12.6 Å². The normalized spacial score (nSPS) is 13.4. The SMILES string of the molecule is CON(C)C(=O)[C@@H](CC(=O)NS(C)(=O)=O)NC(=O)OCC1c2ccccc2-c2ccccc21. The minimum atomic E-state index is -3.83. The summed E-state index contributed by atoms with van der Waals surface area (Å²) in [5.74, 6) is -1.90. The van der Waals surface area contributed by atoms with Gasteiger partial charge in [-0.3, -0.25) is 19.1 Å². The number of amides is 3. The molecule has 2 aromatic rings. The van der Waals surface area contributed by atoms with E-state index in [9.17, 15) is 22.8 Å². The number of fused-ring (bicyclic) bond motifs is 3. The van der Waals surface area contributed by atoms with E-state index in [-0.39, 0.29) is 12.5 Å². The number of hydroxylamine groups is 2. The summed E-state index contributed by atoms with van der Waals surface area (Å²) in [6.45, 7) is 0.0103. The molecule has 1 aliphatic carbocycles. The maximum absolute atomic E-state index is 12.5. The molecule has 2 N–H and O–H groups in total. The van der Waals surface area contributed by atoms with Crippen molar-refractivity contribution in [1.82, 2.24) is 15.1 Å². The van der Waals surface area contributed by atoms with E-state index in [1.165, 1.54) is 14.2 Å². The van der Waals surface area contributed by atoms with Crippen molar-refractivity contribution in [2.24, 2.45) is 0 Å². The first-order chi connectivity index (χ1) is 15.6. The zero-order valence-corrected chi connectivity index (χ0v) is 19.2. The molecule has 0 radical (unpaired) electrons. The number of sulfonamides is 1. The number of rotatable bonds is 8. The van der Waals surface area contributed by atoms with E-state index in [4.69, 9.17) is 9.57 Å². The summed E-state index contributed by atoms with van der Waals surface area (Å²) in [5.41, 5.74) is 4.17. The number of carbonyl (C=O) groups is 3. The fourth-order valence-electron chi connectivity index (χ4n) is 3.73. The van der Waals surface area contributed by atoms with Gasteiger partial charge in [0.2, 0.25) is 15.9 Å². The maximum Gasteiger partial charge on any atom is 0.407 e. The molecule has 2 aromatic carbocycles. The van der Waals surface area contributed by atoms with Crippen LogP contribution in [-0.2, 0) is 29.2 Å². The number of nitrogens with one attached hydrogen (secondary N) is 2. The number of ether oxygens (including phenoxy) is 1. The molecule has 176 valence electrons. The van der Waals surface area contributed by atoms with Crippen LogP contribution in [0, 0.1) is 0 Å². The highest BCUT2D eigenvalue weighted by Crippen LogP contribution is 2.44. The van der Waals surface area contributed by atoms with E-state index in [2.05, 4.69) is 5.32 Å². The Balaban J connectivity index is 1.70. The number of hydrogen-bond donors (Lipinski definition) is 2. The zero-order valence-electron chi connectivity index (χ0n) is 18.4. The molecular weight excluding hydrogens is 450 g/mol. The van der Waals surface area contributed by atoms with Crippen molar-refractivity contribution < 1.29 is 32.4 Å². The van der Waals surface area contributed by atoms with E-state index < -0.39 is 40.4 Å². The van der Waals surface area contributed by atoms with Crippen LogP contribution in [-0.4, -0.2) is 64.5 Å². The van der Waals surface area contributed by atoms with Crippen LogP contribution in [0.4, 0.5) is 4.79 Å². The van der Waals surface area contributed by atoms with Gasteiger partial charge in [-0.15, -0.1) is 0 Å². The predicted octanol–water partition coefficient (Wildman–Crippen LogP) is 1.38. The molecule has 0 aliphatic heterocycles. The van der Waals surface area contributed by atoms with Crippen molar-refractivity contribution in [3.63, 3.8) is 0 Å². The Bertz CT molecular complexity index is 1120. The average molecular weight is 476 g/mol. The molecule has 0 bridgehead atoms. The molecule has 1 atom stereocenters. The minimum Gasteiger partial charge on any atom is -0.449 e. The summed E-state index contributed by atoms with van der Waals surface area (Å²) in [4.78, 5) is 41.9. The fourth-order valence-corrected chi connectivity index (χ4v) is 4.22. The lowest BCUT2D eigenvalue weighted by Gasteiger charge is -2.22. The maximum atomic E-state index is 12.5. The van der Waals surface area contributed by atoms with Crippen LogP contribution >= 0.6 is 0 Å². The van der Waals surface area contributed by atoms with Gasteiger partial charge in [-0.2, -0.15) is 0 Å². The van der Waals surface area contributed by atoms with Gasteiger partial charge in [-0.1, -0.05) is 48.5 Å². The standard InChI is InChI=1S/C22H25N3O7S/c1-25(31-2)21(27)19(12-20(26)24-33(3,29)30)23-22(28)32-13-18-16-10-6-4-8-14(16)15-9-5-7-11-17(15)18/h4-11,18-19H,12-13H2,1-3H3,(H,23,28)(H,24,26)/t19-/m1/s1. The second-order valence-corrected chi connectivity index (χ2v) is 9.29. The van der Waals surface area contributed by atoms with Gasteiger partial charge < -0.3 is 10.1 Å². The fraction of sp³-hybridized carbons (Fsp3) is 0.318. The molecule has 0 spiro atoms. The Labute approximate surface area is 191 Å². The Morgan fingerprint density at radius 2 is 1.58 bits per heavy atom. The topological polar surface area (TPSA) is 131 Å². The van der Waals surface area contributed by atoms with Crippen LogP contribution in [0.2, 0.25) is 0 Å². The van der Waals surface area contributed by atoms with Crippen LogP contribution < -0.4 is 10.0 Å². The second-order valence-electron chi connectivity index (χ2n) is 7.54. The molecule has 3 amide bonds. The predicted molar refractivity (Wildman–Crippen MR) is 119 cm³/mol. The summed E-state index contributed by atoms with van der Waals surface area (Å²) < 4.78 is 29.8. The third-order valence-electron chi connectivity index (χ3n) is 5.21. The van der Waals surface area contributed by atoms with E-state index in [1.807, 2.05) is 48.5 Å². The molecule has 0 saturated carbocycles. The Morgan fingerprint density at radius 1 is 1.03 bits per heavy atom. The van der Waals surface area contributed by atoms with Gasteiger partial charge in [-0.25, -0.2) is 18.3 Å². The largest absolute Gasteiger partial charge is 0.449 e. The highest BCUT2D eigenvalue weighted by molar-refractivity contribution is 7.89. The van der Waals surface area contributed by atoms with Gasteiger partial charge in [-0.05, 0) is 22.3 Å². The molecule has 0 saturated heterocycles. The molecule has 11 heteroatoms. The molecule has 0 aromatic heterocycles. The molecular formula is C22H25N3O7S. The van der Waals surface area contributed by atoms with Crippen LogP contribution in [0.25, 0.3) is 11.1 Å². The first kappa shape index (κ1) is 24.2. The van der Waals surface area contributed by atoms with Crippen molar-refractivity contribution in [2.45, 2.75) is 18.4 Å². The van der Waals surface area contributed by atoms with Crippen molar-refractivity contribution in [3.05, 3.63) is 59.7 Å². The first-order valence-corrected chi connectivity index (χ1v) is 11.9. The van der Waals surface area contributed by atoms with Crippen molar-refractivity contribution in [3.8, 4) is 11.1 Å². The lowest BCUT2D eigenvalue weighted by Crippen LogP contribution is -2.50. The third-order valence-corrected chi connectivity index (χ3v) is 5.81. The van der Waals surface area contributed by atoms with E-state index >= 15 is 0 Å². The first-order valence-electron chi connectivity index (χ1n) is 10.0. The average Bonchev–Trinajstić information content (AvgIpc) is 3.08. The quantitative estimate of drug-likeness (QED) is 0.552. The molecule has 0 heterocycles. The van der Waals surface area contributed by atoms with Gasteiger partial charge >= 0.3 is 6.09 Å². The monoisotopic (exact) mass is 475 g/mol. The number of carbonyl (C=O) groups excluding carboxylic acids is 3. The van der Waals surface area contributed by atoms with Crippen LogP contribution in [0.1, 0.15) is 23.5 Å². The number of benzene rings is 2. The van der Waals surface area contributed by atoms with Crippen LogP contribution in [0.5, 0.6) is 0 Å². The molecule has 1 aliphatic rings. The van der Waals surface area contributed by atoms with Crippen LogP contribution in [0.3, 0.4) is 0 Å². The number of likely N-dealkylation sites (N-methyl/N-ethyl adjacent to an activating group) is 1. The minimum absolute atomic E-state index is 0.0103. The summed E-state index contributed by atoms with van der Waals surface area (Å²) in [5, 5.41) is 3.15. The van der Waals surface area contributed by atoms with Crippen molar-refractivity contribution in [2.75, 3.05) is 27.0 Å². The molecule has 10 nitrogen and oxygen atoms in total. The highest BCUT2D eigenvalue weighted by Gasteiger charge is 2.31. The summed E-state index contributed by atoms with van der Waals surface area (Å²) in [6.07, 6.45) is -0.738. The highest BCUT2D eigenvalue weighted by atomic mass is 32.2. The van der Waals surface area contributed by atoms with Gasteiger partial charge in [0, 0.05) is 13.0 Å². The van der Waals surface area contributed by atoms with Gasteiger partial charge in [0.05, 0.1) is 19.8 Å². The number of nitrogens with zero attached hydrogens (tertiary/aromatic N) is 1. The van der Waals surface area contributed by atoms with Crippen molar-refractivity contribution >= 4 is 27.9 Å². The molecule has 3 rings (SSSR count). The van der Waals surface area contributed by atoms with E-state index in [0.29, 0.717) is 0 Å². The second kappa shape index (κ2) is 10.0. The number of hydrogen-bond acceptors (Lipinski definition) is 7. The molecule has 0 unspecified atom stereocenters. The molecule has 0 fully saturated rings. The smallest absolute Gasteiger partial charge is 0.407 e. The van der Waals surface area contributed by atoms with Crippen molar-refractivity contribution in [1.29, 1.82) is 0 Å². The van der Waals surface area contributed by atoms with E-state index in [0.717, 1.165) is 33.6 Å².